The fourth-order valence-electron chi connectivity index (χ4n) is 8.12. The van der Waals surface area contributed by atoms with E-state index in [2.05, 4.69) is 38.9 Å². The first-order valence-corrected chi connectivity index (χ1v) is 18.8. The maximum atomic E-state index is 12.5. The third-order valence-electron chi connectivity index (χ3n) is 10.9. The number of allylic oxidation sites excluding steroid dienone is 1. The summed E-state index contributed by atoms with van der Waals surface area (Å²) in [5.74, 6) is 2.11. The van der Waals surface area contributed by atoms with Gasteiger partial charge in [0.05, 0.1) is 6.10 Å². The smallest absolute Gasteiger partial charge is 0.344 e. The number of unbranched alkanes of at least 4 members (excludes halogenated alkanes) is 2. The molecule has 278 valence electrons. The van der Waals surface area contributed by atoms with Crippen LogP contribution >= 0.6 is 0 Å². The zero-order chi connectivity index (χ0) is 36.5. The number of aliphatic hydroxyl groups is 1. The number of carbonyl (C=O) groups is 1. The van der Waals surface area contributed by atoms with E-state index >= 15 is 0 Å². The predicted octanol–water partition coefficient (Wildman–Crippen LogP) is 8.57. The van der Waals surface area contributed by atoms with E-state index in [0.29, 0.717) is 29.8 Å². The highest BCUT2D eigenvalue weighted by Crippen LogP contribution is 2.50. The molecule has 3 aromatic carbocycles. The molecule has 0 saturated heterocycles. The molecular weight excluding hydrogens is 658 g/mol. The Labute approximate surface area is 307 Å². The van der Waals surface area contributed by atoms with Crippen LogP contribution in [0.1, 0.15) is 88.0 Å². The van der Waals surface area contributed by atoms with Gasteiger partial charge in [-0.1, -0.05) is 124 Å². The first kappa shape index (κ1) is 37.4. The zero-order valence-electron chi connectivity index (χ0n) is 30.7. The second kappa shape index (κ2) is 17.5. The first-order valence-electron chi connectivity index (χ1n) is 18.8. The first-order chi connectivity index (χ1) is 25.3. The Morgan fingerprint density at radius 3 is 2.52 bits per heavy atom. The van der Waals surface area contributed by atoms with Gasteiger partial charge in [-0.15, -0.1) is 0 Å². The third kappa shape index (κ3) is 8.82. The molecule has 5 atom stereocenters. The molecule has 1 heterocycles. The molecular formula is C43H53NO8. The number of nitrogens with one attached hydrogen (secondary N) is 1. The number of esters is 1. The summed E-state index contributed by atoms with van der Waals surface area (Å²) in [7, 11) is 0. The second-order valence-corrected chi connectivity index (χ2v) is 14.7. The molecule has 0 amide bonds. The van der Waals surface area contributed by atoms with E-state index in [0.717, 1.165) is 79.5 Å². The lowest BCUT2D eigenvalue weighted by atomic mass is 9.72. The van der Waals surface area contributed by atoms with Gasteiger partial charge in [-0.2, -0.15) is 4.89 Å². The van der Waals surface area contributed by atoms with Gasteiger partial charge in [0.2, 0.25) is 0 Å². The van der Waals surface area contributed by atoms with Crippen molar-refractivity contribution in [2.75, 3.05) is 6.61 Å². The largest absolute Gasteiger partial charge is 0.482 e. The summed E-state index contributed by atoms with van der Waals surface area (Å²) < 4.78 is 11.5. The molecule has 1 fully saturated rings. The minimum Gasteiger partial charge on any atom is -0.482 e. The maximum Gasteiger partial charge on any atom is 0.344 e. The van der Waals surface area contributed by atoms with E-state index in [1.165, 1.54) is 5.56 Å². The second-order valence-electron chi connectivity index (χ2n) is 14.7. The highest BCUT2D eigenvalue weighted by Gasteiger charge is 2.50. The molecule has 0 unspecified atom stereocenters. The van der Waals surface area contributed by atoms with E-state index in [-0.39, 0.29) is 25.0 Å². The Balaban J connectivity index is 1.12. The number of fused-ring (bicyclic) bond motifs is 2. The van der Waals surface area contributed by atoms with Gasteiger partial charge >= 0.3 is 5.97 Å². The van der Waals surface area contributed by atoms with Crippen LogP contribution in [0, 0.1) is 23.7 Å². The van der Waals surface area contributed by atoms with Gasteiger partial charge in [0.1, 0.15) is 18.1 Å². The van der Waals surface area contributed by atoms with Gasteiger partial charge < -0.3 is 24.4 Å². The normalized spacial score (nSPS) is 23.5. The molecule has 0 bridgehead atoms. The van der Waals surface area contributed by atoms with Crippen molar-refractivity contribution in [1.82, 2.24) is 5.48 Å². The topological polar surface area (TPSA) is 105 Å². The van der Waals surface area contributed by atoms with Crippen LogP contribution < -0.4 is 10.2 Å². The average Bonchev–Trinajstić information content (AvgIpc) is 3.67. The van der Waals surface area contributed by atoms with E-state index in [4.69, 9.17) is 29.1 Å². The molecule has 0 radical (unpaired) electrons. The Morgan fingerprint density at radius 1 is 1.00 bits per heavy atom. The highest BCUT2D eigenvalue weighted by molar-refractivity contribution is 5.71. The fraction of sp³-hybridized carbons (Fsp3) is 0.465. The molecule has 1 aliphatic heterocycles. The van der Waals surface area contributed by atoms with Crippen LogP contribution in [0.25, 0.3) is 5.76 Å². The number of rotatable bonds is 18. The molecule has 9 heteroatoms. The molecule has 1 saturated carbocycles. The Morgan fingerprint density at radius 2 is 1.77 bits per heavy atom. The van der Waals surface area contributed by atoms with Crippen LogP contribution in [-0.4, -0.2) is 29.4 Å². The van der Waals surface area contributed by atoms with Crippen LogP contribution in [0.5, 0.6) is 5.75 Å². The molecule has 9 nitrogen and oxygen atoms in total. The van der Waals surface area contributed by atoms with Crippen LogP contribution in [0.15, 0.2) is 96.9 Å². The Kier molecular flexibility index (Phi) is 12.6. The quantitative estimate of drug-likeness (QED) is 0.0442. The Hall–Kier alpha value is -4.31. The van der Waals surface area contributed by atoms with E-state index < -0.39 is 17.7 Å². The predicted molar refractivity (Wildman–Crippen MR) is 198 cm³/mol. The van der Waals surface area contributed by atoms with Crippen molar-refractivity contribution in [2.24, 2.45) is 23.7 Å². The van der Waals surface area contributed by atoms with Gasteiger partial charge in [-0.3, -0.25) is 0 Å². The number of hydrogen-bond donors (Lipinski definition) is 2. The summed E-state index contributed by atoms with van der Waals surface area (Å²) in [6.07, 6.45) is 7.13. The SMILES string of the molecule is C=C(OONC1=C(C(C)C)OO[C@@]1(CCCCC)CC[C@@H]1[C@H]2Cc3cccc(OCC(=O)OCc4ccccc4)c3C[C@H]2C[C@H]1O)c1ccccc1. The number of aliphatic hydroxyl groups excluding tert-OH is 1. The van der Waals surface area contributed by atoms with E-state index in [1.54, 1.807) is 0 Å². The average molecular weight is 712 g/mol. The lowest BCUT2D eigenvalue weighted by molar-refractivity contribution is -0.316. The molecule has 0 spiro atoms. The van der Waals surface area contributed by atoms with Crippen molar-refractivity contribution in [2.45, 2.75) is 96.9 Å². The van der Waals surface area contributed by atoms with Crippen molar-refractivity contribution < 1.29 is 39.0 Å². The third-order valence-corrected chi connectivity index (χ3v) is 10.9. The lowest BCUT2D eigenvalue weighted by Gasteiger charge is -2.34. The number of benzene rings is 3. The summed E-state index contributed by atoms with van der Waals surface area (Å²) in [4.78, 5) is 35.9. The monoisotopic (exact) mass is 711 g/mol. The van der Waals surface area contributed by atoms with Crippen LogP contribution in [0.2, 0.25) is 0 Å². The highest BCUT2D eigenvalue weighted by atomic mass is 17.3. The summed E-state index contributed by atoms with van der Waals surface area (Å²) in [5, 5.41) is 11.5. The minimum atomic E-state index is -0.785. The molecule has 2 aliphatic carbocycles. The molecule has 3 aromatic rings. The Bertz CT molecular complexity index is 1670. The van der Waals surface area contributed by atoms with E-state index in [1.807, 2.05) is 72.8 Å². The van der Waals surface area contributed by atoms with Gasteiger partial charge in [0.15, 0.2) is 23.7 Å². The minimum absolute atomic E-state index is 0.0369. The van der Waals surface area contributed by atoms with Crippen LogP contribution in [-0.2, 0) is 48.6 Å². The van der Waals surface area contributed by atoms with Crippen LogP contribution in [0.4, 0.5) is 0 Å². The van der Waals surface area contributed by atoms with Crippen molar-refractivity contribution in [3.63, 3.8) is 0 Å². The fourth-order valence-corrected chi connectivity index (χ4v) is 8.12. The summed E-state index contributed by atoms with van der Waals surface area (Å²) in [5.41, 5.74) is 7.09. The summed E-state index contributed by atoms with van der Waals surface area (Å²) in [6, 6.07) is 25.3. The van der Waals surface area contributed by atoms with Gasteiger partial charge in [0.25, 0.3) is 0 Å². The van der Waals surface area contributed by atoms with Gasteiger partial charge in [-0.05, 0) is 79.0 Å². The number of hydrogen-bond acceptors (Lipinski definition) is 9. The van der Waals surface area contributed by atoms with Gasteiger partial charge in [0, 0.05) is 11.5 Å². The van der Waals surface area contributed by atoms with Crippen molar-refractivity contribution in [3.05, 3.63) is 119 Å². The molecule has 52 heavy (non-hydrogen) atoms. The summed E-state index contributed by atoms with van der Waals surface area (Å²) in [6.45, 7) is 10.4. The zero-order valence-corrected chi connectivity index (χ0v) is 30.7. The standard InChI is InChI=1S/C43H53NO8/c1-5-6-13-22-43(42(41(29(2)3)50-51-43)44-52-49-30(4)32-17-11-8-12-18-32)23-21-35-36-24-33-19-14-20-39(37(33)25-34(36)26-38(35)45)47-28-40(46)48-27-31-15-9-7-10-16-31/h7-12,14-20,29,34-36,38,44-45H,4-6,13,21-28H2,1-3H3/t34-,35+,36-,38+,43-/m0/s1. The van der Waals surface area contributed by atoms with Gasteiger partial charge in [-0.25, -0.2) is 10.3 Å². The molecule has 3 aliphatic rings. The number of hydroxylamine groups is 1. The lowest BCUT2D eigenvalue weighted by Crippen LogP contribution is -2.39. The van der Waals surface area contributed by atoms with Crippen molar-refractivity contribution >= 4 is 11.7 Å². The number of carbonyl (C=O) groups excluding carboxylic acids is 1. The number of ether oxygens (including phenoxy) is 2. The van der Waals surface area contributed by atoms with Crippen molar-refractivity contribution in [3.8, 4) is 5.75 Å². The van der Waals surface area contributed by atoms with Crippen LogP contribution in [0.3, 0.4) is 0 Å². The molecule has 0 aromatic heterocycles. The van der Waals surface area contributed by atoms with Crippen molar-refractivity contribution in [1.29, 1.82) is 0 Å². The molecule has 6 rings (SSSR count). The van der Waals surface area contributed by atoms with E-state index in [9.17, 15) is 9.90 Å². The molecule has 2 N–H and O–H groups in total. The summed E-state index contributed by atoms with van der Waals surface area (Å²) >= 11 is 0. The maximum absolute atomic E-state index is 12.5.